The number of nitrogens with zero attached hydrogens (tertiary/aromatic N) is 1. The van der Waals surface area contributed by atoms with Crippen LogP contribution >= 0.6 is 0 Å². The van der Waals surface area contributed by atoms with Crippen LogP contribution in [0.2, 0.25) is 0 Å². The topological polar surface area (TPSA) is 47.3 Å². The van der Waals surface area contributed by atoms with Gasteiger partial charge in [0.25, 0.3) is 0 Å². The molecule has 84 valence electrons. The van der Waals surface area contributed by atoms with E-state index in [1.54, 1.807) is 13.3 Å². The lowest BCUT2D eigenvalue weighted by Crippen LogP contribution is -2.42. The Morgan fingerprint density at radius 2 is 2.40 bits per heavy atom. The third-order valence-corrected chi connectivity index (χ3v) is 3.04. The van der Waals surface area contributed by atoms with Gasteiger partial charge in [-0.1, -0.05) is 18.0 Å². The van der Waals surface area contributed by atoms with Gasteiger partial charge in [0.1, 0.15) is 5.76 Å². The molecule has 0 spiro atoms. The van der Waals surface area contributed by atoms with Gasteiger partial charge in [-0.15, -0.1) is 0 Å². The monoisotopic (exact) mass is 210 g/mol. The van der Waals surface area contributed by atoms with Gasteiger partial charge in [0.05, 0.1) is 18.8 Å². The predicted octanol–water partition coefficient (Wildman–Crippen LogP) is 1.72. The fraction of sp³-hybridized carbons (Fsp3) is 0.727. The number of aromatic nitrogens is 1. The predicted molar refractivity (Wildman–Crippen MR) is 56.4 cm³/mol. The first-order chi connectivity index (χ1) is 7.40. The molecule has 0 bridgehead atoms. The van der Waals surface area contributed by atoms with Crippen molar-refractivity contribution in [2.24, 2.45) is 0 Å². The van der Waals surface area contributed by atoms with Gasteiger partial charge in [0.2, 0.25) is 0 Å². The highest BCUT2D eigenvalue weighted by atomic mass is 16.5. The average molecular weight is 210 g/mol. The highest BCUT2D eigenvalue weighted by molar-refractivity contribution is 4.93. The summed E-state index contributed by atoms with van der Waals surface area (Å²) >= 11 is 0. The summed E-state index contributed by atoms with van der Waals surface area (Å²) in [5.74, 6) is 0.885. The first-order valence-corrected chi connectivity index (χ1v) is 5.56. The van der Waals surface area contributed by atoms with Crippen LogP contribution in [-0.2, 0) is 11.3 Å². The van der Waals surface area contributed by atoms with E-state index in [0.717, 1.165) is 18.7 Å². The maximum Gasteiger partial charge on any atom is 0.150 e. The van der Waals surface area contributed by atoms with Crippen molar-refractivity contribution in [1.82, 2.24) is 10.5 Å². The van der Waals surface area contributed by atoms with E-state index < -0.39 is 0 Å². The minimum absolute atomic E-state index is 0.349. The number of hydrogen-bond donors (Lipinski definition) is 1. The Morgan fingerprint density at radius 1 is 1.53 bits per heavy atom. The van der Waals surface area contributed by atoms with Crippen LogP contribution in [0.3, 0.4) is 0 Å². The first-order valence-electron chi connectivity index (χ1n) is 5.56. The smallest absolute Gasteiger partial charge is 0.150 e. The second kappa shape index (κ2) is 5.28. The van der Waals surface area contributed by atoms with Crippen molar-refractivity contribution in [3.8, 4) is 0 Å². The quantitative estimate of drug-likeness (QED) is 0.822. The Morgan fingerprint density at radius 3 is 3.13 bits per heavy atom. The Bertz CT molecular complexity index is 274. The Kier molecular flexibility index (Phi) is 3.75. The maximum absolute atomic E-state index is 5.46. The minimum Gasteiger partial charge on any atom is -0.380 e. The van der Waals surface area contributed by atoms with Gasteiger partial charge in [-0.2, -0.15) is 0 Å². The zero-order valence-corrected chi connectivity index (χ0v) is 9.11. The van der Waals surface area contributed by atoms with Crippen molar-refractivity contribution < 1.29 is 9.26 Å². The largest absolute Gasteiger partial charge is 0.380 e. The number of ether oxygens (including phenoxy) is 1. The van der Waals surface area contributed by atoms with Crippen LogP contribution in [0.25, 0.3) is 0 Å². The first kappa shape index (κ1) is 10.6. The third kappa shape index (κ3) is 2.79. The van der Waals surface area contributed by atoms with Crippen molar-refractivity contribution in [3.63, 3.8) is 0 Å². The van der Waals surface area contributed by atoms with Crippen molar-refractivity contribution in [3.05, 3.63) is 18.0 Å². The average Bonchev–Trinajstić information content (AvgIpc) is 2.79. The molecule has 0 radical (unpaired) electrons. The Hall–Kier alpha value is -0.870. The summed E-state index contributed by atoms with van der Waals surface area (Å²) in [5, 5.41) is 7.15. The van der Waals surface area contributed by atoms with Gasteiger partial charge >= 0.3 is 0 Å². The molecule has 4 nitrogen and oxygen atoms in total. The van der Waals surface area contributed by atoms with Crippen LogP contribution in [0.4, 0.5) is 0 Å². The number of rotatable bonds is 4. The van der Waals surface area contributed by atoms with Gasteiger partial charge in [-0.05, 0) is 12.8 Å². The summed E-state index contributed by atoms with van der Waals surface area (Å²) in [6.45, 7) is 0.741. The summed E-state index contributed by atoms with van der Waals surface area (Å²) < 4.78 is 10.5. The van der Waals surface area contributed by atoms with Gasteiger partial charge in [0.15, 0.2) is 0 Å². The second-order valence-electron chi connectivity index (χ2n) is 4.02. The zero-order chi connectivity index (χ0) is 10.5. The van der Waals surface area contributed by atoms with E-state index >= 15 is 0 Å². The van der Waals surface area contributed by atoms with E-state index in [2.05, 4.69) is 10.5 Å². The lowest BCUT2D eigenvalue weighted by Gasteiger charge is -2.30. The Balaban J connectivity index is 1.81. The van der Waals surface area contributed by atoms with Crippen molar-refractivity contribution in [1.29, 1.82) is 0 Å². The molecule has 1 saturated carbocycles. The van der Waals surface area contributed by atoms with Gasteiger partial charge in [0, 0.05) is 19.2 Å². The molecule has 4 heteroatoms. The van der Waals surface area contributed by atoms with E-state index in [1.807, 2.05) is 6.07 Å². The molecule has 1 fully saturated rings. The molecular weight excluding hydrogens is 192 g/mol. The fourth-order valence-electron chi connectivity index (χ4n) is 2.18. The molecule has 1 aliphatic carbocycles. The molecule has 0 saturated heterocycles. The molecule has 0 aromatic carbocycles. The standard InChI is InChI=1S/C11H18N2O2/c1-14-11-5-3-2-4-10(11)12-8-9-6-7-13-15-9/h6-7,10-12H,2-5,8H2,1H3. The molecule has 15 heavy (non-hydrogen) atoms. The molecule has 0 amide bonds. The van der Waals surface area contributed by atoms with Crippen molar-refractivity contribution in [2.45, 2.75) is 44.4 Å². The summed E-state index contributed by atoms with van der Waals surface area (Å²) in [4.78, 5) is 0. The van der Waals surface area contributed by atoms with E-state index in [1.165, 1.54) is 19.3 Å². The third-order valence-electron chi connectivity index (χ3n) is 3.04. The molecule has 2 unspecified atom stereocenters. The molecule has 2 rings (SSSR count). The number of methoxy groups -OCH3 is 1. The summed E-state index contributed by atoms with van der Waals surface area (Å²) in [6, 6.07) is 2.34. The highest BCUT2D eigenvalue weighted by Crippen LogP contribution is 2.20. The van der Waals surface area contributed by atoms with Crippen LogP contribution in [0.1, 0.15) is 31.4 Å². The van der Waals surface area contributed by atoms with Crippen LogP contribution in [0.5, 0.6) is 0 Å². The fourth-order valence-corrected chi connectivity index (χ4v) is 2.18. The summed E-state index contributed by atoms with van der Waals surface area (Å²) in [7, 11) is 1.79. The molecule has 0 aliphatic heterocycles. The van der Waals surface area contributed by atoms with Crippen LogP contribution in [0.15, 0.2) is 16.8 Å². The van der Waals surface area contributed by atoms with Gasteiger partial charge in [-0.3, -0.25) is 0 Å². The zero-order valence-electron chi connectivity index (χ0n) is 9.11. The lowest BCUT2D eigenvalue weighted by molar-refractivity contribution is 0.0405. The molecular formula is C11H18N2O2. The van der Waals surface area contributed by atoms with Gasteiger partial charge < -0.3 is 14.6 Å². The normalized spacial score (nSPS) is 26.7. The molecule has 1 aromatic heterocycles. The molecule has 2 atom stereocenters. The molecule has 1 aliphatic rings. The van der Waals surface area contributed by atoms with Crippen LogP contribution < -0.4 is 5.32 Å². The lowest BCUT2D eigenvalue weighted by atomic mass is 9.92. The Labute approximate surface area is 90.0 Å². The maximum atomic E-state index is 5.46. The minimum atomic E-state index is 0.349. The summed E-state index contributed by atoms with van der Waals surface area (Å²) in [6.07, 6.45) is 6.93. The van der Waals surface area contributed by atoms with Crippen LogP contribution in [0, 0.1) is 0 Å². The number of nitrogens with one attached hydrogen (secondary N) is 1. The molecule has 1 heterocycles. The molecule has 1 aromatic rings. The second-order valence-corrected chi connectivity index (χ2v) is 4.02. The van der Waals surface area contributed by atoms with Crippen LogP contribution in [-0.4, -0.2) is 24.4 Å². The van der Waals surface area contributed by atoms with E-state index in [4.69, 9.17) is 9.26 Å². The van der Waals surface area contributed by atoms with Gasteiger partial charge in [-0.25, -0.2) is 0 Å². The SMILES string of the molecule is COC1CCCCC1NCc1ccno1. The van der Waals surface area contributed by atoms with E-state index in [0.29, 0.717) is 12.1 Å². The van der Waals surface area contributed by atoms with Crippen molar-refractivity contribution >= 4 is 0 Å². The summed E-state index contributed by atoms with van der Waals surface area (Å²) in [5.41, 5.74) is 0. The van der Waals surface area contributed by atoms with E-state index in [9.17, 15) is 0 Å². The van der Waals surface area contributed by atoms with E-state index in [-0.39, 0.29) is 0 Å². The molecule has 1 N–H and O–H groups in total. The number of hydrogen-bond acceptors (Lipinski definition) is 4. The highest BCUT2D eigenvalue weighted by Gasteiger charge is 2.24. The van der Waals surface area contributed by atoms with Crippen molar-refractivity contribution in [2.75, 3.05) is 7.11 Å².